The average Bonchev–Trinajstić information content (AvgIpc) is 3.27. The first-order valence-electron chi connectivity index (χ1n) is 12.7. The van der Waals surface area contributed by atoms with E-state index in [-0.39, 0.29) is 12.5 Å². The Morgan fingerprint density at radius 3 is 2.34 bits per heavy atom. The van der Waals surface area contributed by atoms with Crippen LogP contribution < -0.4 is 14.8 Å². The van der Waals surface area contributed by atoms with Crippen LogP contribution in [0.4, 0.5) is 0 Å². The van der Waals surface area contributed by atoms with Crippen molar-refractivity contribution in [1.82, 2.24) is 5.32 Å². The van der Waals surface area contributed by atoms with Crippen molar-refractivity contribution in [2.24, 2.45) is 4.99 Å². The van der Waals surface area contributed by atoms with Gasteiger partial charge in [0.25, 0.3) is 5.91 Å². The number of ether oxygens (including phenoxy) is 3. The summed E-state index contributed by atoms with van der Waals surface area (Å²) in [6.07, 6.45) is 1.19. The molecule has 1 aliphatic rings. The molecule has 7 nitrogen and oxygen atoms in total. The molecule has 0 spiro atoms. The second-order valence-corrected chi connectivity index (χ2v) is 10.1. The molecule has 2 atom stereocenters. The third kappa shape index (κ3) is 6.74. The molecule has 200 valence electrons. The number of nitrogens with zero attached hydrogens (tertiary/aromatic N) is 1. The van der Waals surface area contributed by atoms with E-state index in [1.54, 1.807) is 7.11 Å². The van der Waals surface area contributed by atoms with Gasteiger partial charge in [0.2, 0.25) is 5.90 Å². The van der Waals surface area contributed by atoms with E-state index in [9.17, 15) is 4.79 Å². The second-order valence-electron chi connectivity index (χ2n) is 9.21. The smallest absolute Gasteiger partial charge is 0.252 e. The molecule has 2 N–H and O–H groups in total. The van der Waals surface area contributed by atoms with Crippen LogP contribution >= 0.6 is 15.9 Å². The van der Waals surface area contributed by atoms with E-state index in [0.29, 0.717) is 44.1 Å². The first kappa shape index (κ1) is 27.7. The summed E-state index contributed by atoms with van der Waals surface area (Å²) in [5, 5.41) is 12.1. The molecule has 0 unspecified atom stereocenters. The van der Waals surface area contributed by atoms with Crippen LogP contribution in [0.2, 0.25) is 0 Å². The highest BCUT2D eigenvalue weighted by Crippen LogP contribution is 2.33. The van der Waals surface area contributed by atoms with Gasteiger partial charge in [-0.15, -0.1) is 0 Å². The highest BCUT2D eigenvalue weighted by atomic mass is 79.9. The molecular weight excluding hydrogens is 548 g/mol. The van der Waals surface area contributed by atoms with Gasteiger partial charge in [-0.2, -0.15) is 0 Å². The van der Waals surface area contributed by atoms with Gasteiger partial charge in [-0.05, 0) is 73.0 Å². The molecule has 0 bridgehead atoms. The lowest BCUT2D eigenvalue weighted by Crippen LogP contribution is -2.52. The maximum atomic E-state index is 13.7. The van der Waals surface area contributed by atoms with Crippen molar-refractivity contribution >= 4 is 27.7 Å². The van der Waals surface area contributed by atoms with Crippen LogP contribution in [0.1, 0.15) is 30.0 Å². The van der Waals surface area contributed by atoms with Gasteiger partial charge in [0.15, 0.2) is 5.54 Å². The van der Waals surface area contributed by atoms with Crippen LogP contribution in [0.25, 0.3) is 0 Å². The number of aliphatic imine (C=N–C) groups is 1. The zero-order valence-corrected chi connectivity index (χ0v) is 23.2. The molecule has 0 aliphatic carbocycles. The second kappa shape index (κ2) is 12.9. The fraction of sp³-hybridized carbons (Fsp3) is 0.333. The van der Waals surface area contributed by atoms with Gasteiger partial charge in [0.05, 0.1) is 13.7 Å². The number of carbonyl (C=O) groups is 1. The van der Waals surface area contributed by atoms with E-state index in [1.165, 1.54) is 0 Å². The van der Waals surface area contributed by atoms with Crippen molar-refractivity contribution < 1.29 is 24.1 Å². The van der Waals surface area contributed by atoms with E-state index in [4.69, 9.17) is 24.3 Å². The molecule has 3 aromatic rings. The summed E-state index contributed by atoms with van der Waals surface area (Å²) in [4.78, 5) is 18.7. The Bertz CT molecular complexity index is 1230. The predicted molar refractivity (Wildman–Crippen MR) is 151 cm³/mol. The molecule has 0 radical (unpaired) electrons. The number of nitrogens with one attached hydrogen (secondary N) is 1. The lowest BCUT2D eigenvalue weighted by molar-refractivity contribution is -0.128. The van der Waals surface area contributed by atoms with E-state index in [2.05, 4.69) is 21.2 Å². The SMILES string of the molecule is COc1ccc(CCNC(=O)[C@]2(Cc3ccc(Br)cc3)N=C(c3ccc(OCCCO)cc3)O[C@@H]2C)cc1. The monoisotopic (exact) mass is 580 g/mol. The number of methoxy groups -OCH3 is 1. The van der Waals surface area contributed by atoms with E-state index in [1.807, 2.05) is 79.7 Å². The number of benzene rings is 3. The molecule has 3 aromatic carbocycles. The number of aliphatic hydroxyl groups is 1. The lowest BCUT2D eigenvalue weighted by Gasteiger charge is -2.28. The average molecular weight is 582 g/mol. The van der Waals surface area contributed by atoms with Crippen LogP contribution in [0, 0.1) is 0 Å². The fourth-order valence-corrected chi connectivity index (χ4v) is 4.59. The topological polar surface area (TPSA) is 89.4 Å². The number of aliphatic hydroxyl groups excluding tert-OH is 1. The summed E-state index contributed by atoms with van der Waals surface area (Å²) >= 11 is 3.48. The quantitative estimate of drug-likeness (QED) is 0.302. The molecule has 38 heavy (non-hydrogen) atoms. The highest BCUT2D eigenvalue weighted by Gasteiger charge is 2.50. The number of halogens is 1. The third-order valence-corrected chi connectivity index (χ3v) is 7.10. The maximum Gasteiger partial charge on any atom is 0.252 e. The Kier molecular flexibility index (Phi) is 9.42. The van der Waals surface area contributed by atoms with Crippen molar-refractivity contribution in [3.05, 3.63) is 94.0 Å². The predicted octanol–water partition coefficient (Wildman–Crippen LogP) is 4.72. The minimum Gasteiger partial charge on any atom is -0.497 e. The molecule has 4 rings (SSSR count). The molecular formula is C30H33BrN2O5. The largest absolute Gasteiger partial charge is 0.497 e. The Balaban J connectivity index is 1.53. The molecule has 0 fully saturated rings. The van der Waals surface area contributed by atoms with Crippen molar-refractivity contribution in [3.8, 4) is 11.5 Å². The molecule has 0 saturated carbocycles. The fourth-order valence-electron chi connectivity index (χ4n) is 4.32. The standard InChI is InChI=1S/C30H33BrN2O5/c1-21-30(20-23-4-10-25(31)11-5-23,29(35)32-17-16-22-6-12-26(36-2)13-7-22)33-28(38-21)24-8-14-27(15-9-24)37-19-3-18-34/h4-15,21,34H,3,16-20H2,1-2H3,(H,32,35)/t21-,30-/m1/s1. The number of carbonyl (C=O) groups excluding carboxylic acids is 1. The van der Waals surface area contributed by atoms with Crippen LogP contribution in [0.5, 0.6) is 11.5 Å². The van der Waals surface area contributed by atoms with Gasteiger partial charge in [-0.3, -0.25) is 4.79 Å². The Morgan fingerprint density at radius 2 is 1.68 bits per heavy atom. The third-order valence-electron chi connectivity index (χ3n) is 6.57. The number of rotatable bonds is 12. The zero-order valence-electron chi connectivity index (χ0n) is 21.7. The van der Waals surface area contributed by atoms with Gasteiger partial charge in [-0.1, -0.05) is 40.2 Å². The summed E-state index contributed by atoms with van der Waals surface area (Å²) in [7, 11) is 1.64. The number of hydrogen-bond acceptors (Lipinski definition) is 6. The van der Waals surface area contributed by atoms with Gasteiger partial charge in [0, 0.05) is 36.0 Å². The highest BCUT2D eigenvalue weighted by molar-refractivity contribution is 9.10. The first-order chi connectivity index (χ1) is 18.4. The summed E-state index contributed by atoms with van der Waals surface area (Å²) in [5.74, 6) is 1.77. The lowest BCUT2D eigenvalue weighted by atomic mass is 9.86. The minimum atomic E-state index is -1.11. The molecule has 0 saturated heterocycles. The first-order valence-corrected chi connectivity index (χ1v) is 13.5. The summed E-state index contributed by atoms with van der Waals surface area (Å²) in [6.45, 7) is 2.90. The number of amides is 1. The Morgan fingerprint density at radius 1 is 1.03 bits per heavy atom. The van der Waals surface area contributed by atoms with E-state index in [0.717, 1.165) is 26.9 Å². The molecule has 1 aliphatic heterocycles. The normalized spacial score (nSPS) is 18.4. The van der Waals surface area contributed by atoms with Crippen molar-refractivity contribution in [2.75, 3.05) is 26.9 Å². The van der Waals surface area contributed by atoms with Gasteiger partial charge >= 0.3 is 0 Å². The van der Waals surface area contributed by atoms with E-state index >= 15 is 0 Å². The van der Waals surface area contributed by atoms with E-state index < -0.39 is 11.6 Å². The Hall–Kier alpha value is -3.36. The van der Waals surface area contributed by atoms with Gasteiger partial charge in [0.1, 0.15) is 17.6 Å². The molecule has 1 heterocycles. The summed E-state index contributed by atoms with van der Waals surface area (Å²) in [5.41, 5.74) is 1.76. The van der Waals surface area contributed by atoms with Crippen LogP contribution in [0.3, 0.4) is 0 Å². The van der Waals surface area contributed by atoms with Gasteiger partial charge < -0.3 is 24.6 Å². The zero-order chi connectivity index (χ0) is 27.0. The molecule has 1 amide bonds. The maximum absolute atomic E-state index is 13.7. The van der Waals surface area contributed by atoms with Crippen molar-refractivity contribution in [1.29, 1.82) is 0 Å². The molecule has 8 heteroatoms. The molecule has 0 aromatic heterocycles. The summed E-state index contributed by atoms with van der Waals surface area (Å²) in [6, 6.07) is 23.2. The summed E-state index contributed by atoms with van der Waals surface area (Å²) < 4.78 is 18.0. The van der Waals surface area contributed by atoms with Crippen LogP contribution in [0.15, 0.2) is 82.3 Å². The van der Waals surface area contributed by atoms with Crippen LogP contribution in [-0.4, -0.2) is 55.4 Å². The van der Waals surface area contributed by atoms with Crippen molar-refractivity contribution in [2.45, 2.75) is 37.8 Å². The minimum absolute atomic E-state index is 0.0865. The number of hydrogen-bond donors (Lipinski definition) is 2. The van der Waals surface area contributed by atoms with Gasteiger partial charge in [-0.25, -0.2) is 4.99 Å². The van der Waals surface area contributed by atoms with Crippen LogP contribution in [-0.2, 0) is 22.4 Å². The Labute approximate surface area is 232 Å². The van der Waals surface area contributed by atoms with Crippen molar-refractivity contribution in [3.63, 3.8) is 0 Å².